The molecule has 2 amide bonds. The zero-order chi connectivity index (χ0) is 58.1. The number of carbonyl (C=O) groups excluding carboxylic acids is 2. The molecule has 14 fully saturated rings. The molecule has 11 heteroatoms. The Morgan fingerprint density at radius 3 is 1.14 bits per heavy atom. The van der Waals surface area contributed by atoms with Crippen molar-refractivity contribution in [2.75, 3.05) is 0 Å². The molecule has 86 heavy (non-hydrogen) atoms. The van der Waals surface area contributed by atoms with E-state index < -0.39 is 23.8 Å². The average Bonchev–Trinajstić information content (AvgIpc) is 1.35. The normalized spacial score (nSPS) is 51.5. The quantitative estimate of drug-likeness (QED) is 0.170. The molecule has 12 aliphatic carbocycles. The molecule has 12 unspecified atom stereocenters. The first kappa shape index (κ1) is 71.3. The topological polar surface area (TPSA) is 162 Å². The van der Waals surface area contributed by atoms with E-state index in [9.17, 15) is 19.8 Å². The van der Waals surface area contributed by atoms with E-state index in [2.05, 4.69) is 99.6 Å². The van der Waals surface area contributed by atoms with Crippen LogP contribution in [0, 0.1) is 104 Å². The summed E-state index contributed by atoms with van der Waals surface area (Å²) in [6.07, 6.45) is 23.7. The molecule has 2 aliphatic heterocycles. The van der Waals surface area contributed by atoms with Crippen molar-refractivity contribution >= 4 is 11.8 Å². The van der Waals surface area contributed by atoms with Gasteiger partial charge in [0.15, 0.2) is 11.6 Å². The first-order valence-corrected chi connectivity index (χ1v) is 33.3. The maximum Gasteiger partial charge on any atom is 0.217 e. The molecule has 0 spiro atoms. The van der Waals surface area contributed by atoms with Gasteiger partial charge in [0.25, 0.3) is 0 Å². The van der Waals surface area contributed by atoms with Crippen LogP contribution in [0.25, 0.3) is 0 Å². The Morgan fingerprint density at radius 1 is 0.419 bits per heavy atom. The van der Waals surface area contributed by atoms with Crippen LogP contribution in [0.4, 0.5) is 0 Å². The average molecular weight is 1200 g/mol. The van der Waals surface area contributed by atoms with Crippen LogP contribution < -0.4 is 16.4 Å². The predicted molar refractivity (Wildman–Crippen MR) is 351 cm³/mol. The van der Waals surface area contributed by atoms with E-state index >= 15 is 0 Å². The summed E-state index contributed by atoms with van der Waals surface area (Å²) in [5.74, 6) is 5.29. The number of hydrogen-bond acceptors (Lipinski definition) is 9. The predicted octanol–water partition coefficient (Wildman–Crippen LogP) is 15.7. The van der Waals surface area contributed by atoms with Crippen LogP contribution in [0.3, 0.4) is 0 Å². The summed E-state index contributed by atoms with van der Waals surface area (Å²) in [7, 11) is 0. The van der Waals surface area contributed by atoms with Crippen molar-refractivity contribution in [1.29, 1.82) is 0 Å². The third-order valence-corrected chi connectivity index (χ3v) is 28.5. The van der Waals surface area contributed by atoms with Gasteiger partial charge in [0.05, 0.1) is 36.6 Å². The zero-order valence-electron chi connectivity index (χ0n) is 52.5. The van der Waals surface area contributed by atoms with E-state index in [4.69, 9.17) is 24.7 Å². The highest BCUT2D eigenvalue weighted by atomic mass is 16.8. The number of amides is 2. The van der Waals surface area contributed by atoms with Crippen LogP contribution in [-0.4, -0.2) is 88.4 Å². The van der Waals surface area contributed by atoms with Crippen molar-refractivity contribution in [3.63, 3.8) is 0 Å². The molecule has 0 aromatic carbocycles. The molecule has 0 radical (unpaired) electrons. The summed E-state index contributed by atoms with van der Waals surface area (Å²) in [6.45, 7) is 39.7. The van der Waals surface area contributed by atoms with Crippen LogP contribution in [0.15, 0.2) is 36.5 Å². The number of rotatable bonds is 2. The summed E-state index contributed by atoms with van der Waals surface area (Å²) < 4.78 is 26.6. The van der Waals surface area contributed by atoms with Gasteiger partial charge in [0, 0.05) is 32.0 Å². The zero-order valence-corrected chi connectivity index (χ0v) is 52.5. The van der Waals surface area contributed by atoms with E-state index in [0.29, 0.717) is 70.1 Å². The molecule has 2 heterocycles. The maximum atomic E-state index is 11.7. The van der Waals surface area contributed by atoms with Crippen LogP contribution in [0.1, 0.15) is 255 Å². The molecule has 0 bridgehead atoms. The van der Waals surface area contributed by atoms with E-state index in [0.717, 1.165) is 70.1 Å². The highest BCUT2D eigenvalue weighted by molar-refractivity contribution is 5.73. The number of carbonyl (C=O) groups is 2. The van der Waals surface area contributed by atoms with E-state index in [1.807, 2.05) is 0 Å². The van der Waals surface area contributed by atoms with Crippen molar-refractivity contribution in [2.45, 2.75) is 321 Å². The molecule has 0 aromatic rings. The van der Waals surface area contributed by atoms with Gasteiger partial charge in [0.2, 0.25) is 11.8 Å². The van der Waals surface area contributed by atoms with Crippen molar-refractivity contribution < 1.29 is 38.7 Å². The molecular formula is C75H131N3O8. The molecule has 494 valence electrons. The van der Waals surface area contributed by atoms with E-state index in [1.165, 1.54) is 87.3 Å². The van der Waals surface area contributed by atoms with Gasteiger partial charge in [-0.2, -0.15) is 0 Å². The first-order chi connectivity index (χ1) is 37.9. The second kappa shape index (κ2) is 24.4. The SMILES string of the molecule is C.C.C.C.C.C=C1CCC2C3C(CC[C@]12C)[C@@]1(C)CC[C@@H](N)CC1[C@H]1OC(C)(C)O[C@H]31.C=C1CCC2C3C(CC[C@]12C)[C@@]1(C)CC[C@@H](NC(C)=O)CC1[C@@H](O)[C@@H]3O.C=C1CCC2C3C(CC[C@]12C)[C@@]1(C)CC[C@@H](NC(C)=O)CC1[C@H]1OC(C)(C)O[C@H]31. The minimum atomic E-state index is -0.686. The standard InChI is InChI=1S/C25H39NO3.C23H37NO2.C22H35NO3.5CH4/c1-14-7-8-17-20-18(10-12-24(14,17)5)25(6)11-9-16(26-15(2)27)13-19(25)21-22(20)29-23(3,4)28-21;1-13-6-7-15-18-16(9-11-22(13,15)4)23(5)10-8-14(24)12-17(23)19-20(18)26-21(2,3)25-19;1-12-5-6-15-18-16(8-10-21(12,15)3)22(4)9-7-14(23-13(2)24)11-17(22)19(25)20(18)26;;;;;/h16-22H,1,7-13H2,2-6H3,(H,26,27);14-20H,1,6-12,24H2,2-5H3;14-20,25-26H,1,5-11H2,2-4H3,(H,23,24);5*1H4/t16-,17?,18?,19?,20?,21-,22-,24-,25-;14-,15?,16?,17?,18?,19-,20-,22-,23-;14-,15?,16?,17?,18?,19-,20-,21-,22-;;;;;/m111...../s1. The fourth-order valence-electron chi connectivity index (χ4n) is 24.2. The fraction of sp³-hybridized carbons (Fsp3) is 0.893. The Bertz CT molecular complexity index is 2510. The van der Waals surface area contributed by atoms with Gasteiger partial charge in [-0.1, -0.05) is 115 Å². The lowest BCUT2D eigenvalue weighted by atomic mass is 9.43. The minimum Gasteiger partial charge on any atom is -0.390 e. The van der Waals surface area contributed by atoms with Crippen molar-refractivity contribution in [3.8, 4) is 0 Å². The smallest absolute Gasteiger partial charge is 0.217 e. The summed E-state index contributed by atoms with van der Waals surface area (Å²) in [6, 6.07) is 0.733. The maximum absolute atomic E-state index is 11.7. The van der Waals surface area contributed by atoms with Crippen LogP contribution >= 0.6 is 0 Å². The number of ether oxygens (including phenoxy) is 4. The number of hydrogen-bond donors (Lipinski definition) is 5. The molecule has 2 saturated heterocycles. The third-order valence-electron chi connectivity index (χ3n) is 28.5. The number of aliphatic hydroxyl groups is 2. The molecule has 0 aromatic heterocycles. The number of nitrogens with two attached hydrogens (primary N) is 1. The Balaban J connectivity index is 0.000000180. The van der Waals surface area contributed by atoms with E-state index in [1.54, 1.807) is 13.8 Å². The monoisotopic (exact) mass is 1200 g/mol. The van der Waals surface area contributed by atoms with Gasteiger partial charge in [-0.25, -0.2) is 0 Å². The highest BCUT2D eigenvalue weighted by Gasteiger charge is 2.71. The molecular weight excluding hydrogens is 1070 g/mol. The lowest BCUT2D eigenvalue weighted by Crippen LogP contribution is -2.64. The molecule has 12 saturated carbocycles. The number of nitrogens with one attached hydrogen (secondary N) is 2. The number of aliphatic hydroxyl groups excluding tert-OH is 2. The van der Waals surface area contributed by atoms with Crippen molar-refractivity contribution in [3.05, 3.63) is 36.5 Å². The molecule has 6 N–H and O–H groups in total. The summed E-state index contributed by atoms with van der Waals surface area (Å²) in [5, 5.41) is 28.5. The third kappa shape index (κ3) is 11.0. The van der Waals surface area contributed by atoms with Gasteiger partial charge in [0.1, 0.15) is 0 Å². The van der Waals surface area contributed by atoms with Crippen molar-refractivity contribution in [1.82, 2.24) is 10.6 Å². The number of allylic oxidation sites excluding steroid dienone is 3. The second-order valence-corrected chi connectivity index (χ2v) is 33.0. The minimum absolute atomic E-state index is 0. The summed E-state index contributed by atoms with van der Waals surface area (Å²) in [5.41, 5.74) is 12.2. The first-order valence-electron chi connectivity index (χ1n) is 33.3. The summed E-state index contributed by atoms with van der Waals surface area (Å²) >= 11 is 0. The Kier molecular flexibility index (Phi) is 20.2. The largest absolute Gasteiger partial charge is 0.390 e. The molecule has 27 atom stereocenters. The lowest BCUT2D eigenvalue weighted by Gasteiger charge is -2.63. The van der Waals surface area contributed by atoms with Gasteiger partial charge < -0.3 is 45.5 Å². The molecule has 11 nitrogen and oxygen atoms in total. The Hall–Kier alpha value is -2.12. The Labute approximate surface area is 525 Å². The van der Waals surface area contributed by atoms with Crippen LogP contribution in [0.5, 0.6) is 0 Å². The summed E-state index contributed by atoms with van der Waals surface area (Å²) in [4.78, 5) is 23.2. The highest BCUT2D eigenvalue weighted by Crippen LogP contribution is 2.72. The van der Waals surface area contributed by atoms with Crippen LogP contribution in [-0.2, 0) is 28.5 Å². The second-order valence-electron chi connectivity index (χ2n) is 33.0. The molecule has 14 aliphatic rings. The lowest BCUT2D eigenvalue weighted by molar-refractivity contribution is -0.211. The van der Waals surface area contributed by atoms with Crippen molar-refractivity contribution in [2.24, 2.45) is 109 Å². The fourth-order valence-corrected chi connectivity index (χ4v) is 24.2. The van der Waals surface area contributed by atoms with Gasteiger partial charge in [-0.3, -0.25) is 9.59 Å². The van der Waals surface area contributed by atoms with Gasteiger partial charge in [-0.15, -0.1) is 0 Å². The van der Waals surface area contributed by atoms with Gasteiger partial charge >= 0.3 is 0 Å². The number of fused-ring (bicyclic) bond motifs is 21. The van der Waals surface area contributed by atoms with Crippen LogP contribution in [0.2, 0.25) is 0 Å². The molecule has 14 rings (SSSR count). The van der Waals surface area contributed by atoms with Gasteiger partial charge in [-0.05, 0) is 266 Å². The Morgan fingerprint density at radius 2 is 0.744 bits per heavy atom. The van der Waals surface area contributed by atoms with E-state index in [-0.39, 0.29) is 119 Å².